The van der Waals surface area contributed by atoms with Crippen LogP contribution in [0.3, 0.4) is 0 Å². The van der Waals surface area contributed by atoms with E-state index in [2.05, 4.69) is 15.1 Å². The Bertz CT molecular complexity index is 839. The topological polar surface area (TPSA) is 112 Å². The second-order valence-corrected chi connectivity index (χ2v) is 6.54. The minimum atomic E-state index is -3.72. The van der Waals surface area contributed by atoms with Crippen molar-refractivity contribution in [2.75, 3.05) is 0 Å². The lowest BCUT2D eigenvalue weighted by molar-refractivity contribution is 0.432. The van der Waals surface area contributed by atoms with Crippen molar-refractivity contribution in [3.63, 3.8) is 0 Å². The largest absolute Gasteiger partial charge is 0.334 e. The summed E-state index contributed by atoms with van der Waals surface area (Å²) in [5, 5.41) is 10.5. The Morgan fingerprint density at radius 1 is 1.30 bits per heavy atom. The summed E-state index contributed by atoms with van der Waals surface area (Å²) in [6.07, 6.45) is 1.62. The fourth-order valence-electron chi connectivity index (χ4n) is 1.52. The molecule has 3 rings (SSSR count). The molecule has 7 nitrogen and oxygen atoms in total. The van der Waals surface area contributed by atoms with E-state index < -0.39 is 10.0 Å². The quantitative estimate of drug-likeness (QED) is 0.784. The second kappa shape index (κ2) is 4.78. The maximum atomic E-state index is 11.2. The average Bonchev–Trinajstić information content (AvgIpc) is 3.08. The van der Waals surface area contributed by atoms with Crippen molar-refractivity contribution < 1.29 is 12.9 Å². The van der Waals surface area contributed by atoms with Gasteiger partial charge in [0.2, 0.25) is 15.8 Å². The summed E-state index contributed by atoms with van der Waals surface area (Å²) in [5.74, 6) is 0.556. The number of nitrogens with two attached hydrogens (primary N) is 1. The molecule has 0 spiro atoms. The molecule has 0 aliphatic heterocycles. The maximum Gasteiger partial charge on any atom is 0.259 e. The van der Waals surface area contributed by atoms with E-state index in [-0.39, 0.29) is 10.1 Å². The van der Waals surface area contributed by atoms with Gasteiger partial charge in [0.25, 0.3) is 5.89 Å². The number of hydrogen-bond acceptors (Lipinski definition) is 7. The third-order valence-electron chi connectivity index (χ3n) is 2.42. The molecule has 9 heteroatoms. The first kappa shape index (κ1) is 12.9. The van der Waals surface area contributed by atoms with Crippen LogP contribution in [0.15, 0.2) is 44.6 Å². The lowest BCUT2D eigenvalue weighted by atomic mass is 10.3. The van der Waals surface area contributed by atoms with Crippen molar-refractivity contribution in [3.8, 4) is 23.0 Å². The predicted octanol–water partition coefficient (Wildman–Crippen LogP) is 1.51. The number of hydrogen-bond donors (Lipinski definition) is 1. The molecule has 0 fully saturated rings. The first-order valence-electron chi connectivity index (χ1n) is 5.41. The molecule has 0 radical (unpaired) electrons. The van der Waals surface area contributed by atoms with Crippen LogP contribution >= 0.6 is 11.3 Å². The molecule has 0 aliphatic rings. The van der Waals surface area contributed by atoms with Gasteiger partial charge in [-0.15, -0.1) is 11.3 Å². The molecule has 0 amide bonds. The molecule has 0 atom stereocenters. The van der Waals surface area contributed by atoms with Crippen LogP contribution in [0, 0.1) is 0 Å². The molecule has 0 unspecified atom stereocenters. The van der Waals surface area contributed by atoms with Gasteiger partial charge in [-0.25, -0.2) is 13.6 Å². The monoisotopic (exact) mass is 308 g/mol. The van der Waals surface area contributed by atoms with E-state index in [0.717, 1.165) is 11.3 Å². The van der Waals surface area contributed by atoms with E-state index >= 15 is 0 Å². The van der Waals surface area contributed by atoms with E-state index in [1.54, 1.807) is 23.7 Å². The zero-order chi connectivity index (χ0) is 14.2. The summed E-state index contributed by atoms with van der Waals surface area (Å²) in [5.41, 5.74) is 1.08. The lowest BCUT2D eigenvalue weighted by Crippen LogP contribution is -2.09. The van der Waals surface area contributed by atoms with E-state index in [9.17, 15) is 8.42 Å². The molecule has 3 aromatic rings. The molecule has 0 aromatic carbocycles. The minimum Gasteiger partial charge on any atom is -0.334 e. The van der Waals surface area contributed by atoms with E-state index in [0.29, 0.717) is 17.1 Å². The summed E-state index contributed by atoms with van der Waals surface area (Å²) >= 11 is 1.00. The van der Waals surface area contributed by atoms with Crippen LogP contribution in [-0.4, -0.2) is 23.5 Å². The van der Waals surface area contributed by atoms with Gasteiger partial charge in [-0.05, 0) is 18.2 Å². The summed E-state index contributed by atoms with van der Waals surface area (Å²) in [6.45, 7) is 0. The molecular formula is C11H8N4O3S2. The third-order valence-corrected chi connectivity index (χ3v) is 4.81. The number of primary sulfonamides is 1. The van der Waals surface area contributed by atoms with Crippen molar-refractivity contribution >= 4 is 21.4 Å². The molecule has 0 bridgehead atoms. The first-order chi connectivity index (χ1) is 9.54. The highest BCUT2D eigenvalue weighted by Gasteiger charge is 2.16. The van der Waals surface area contributed by atoms with Crippen LogP contribution in [0.1, 0.15) is 0 Å². The summed E-state index contributed by atoms with van der Waals surface area (Å²) < 4.78 is 27.6. The SMILES string of the molecule is NS(=O)(=O)c1cc(-c2nc(-c3ccccn3)no2)cs1. The van der Waals surface area contributed by atoms with Crippen LogP contribution in [0.5, 0.6) is 0 Å². The van der Waals surface area contributed by atoms with Gasteiger partial charge in [-0.2, -0.15) is 4.98 Å². The van der Waals surface area contributed by atoms with Gasteiger partial charge < -0.3 is 4.52 Å². The zero-order valence-electron chi connectivity index (χ0n) is 9.92. The van der Waals surface area contributed by atoms with Crippen LogP contribution in [0.25, 0.3) is 23.0 Å². The van der Waals surface area contributed by atoms with Gasteiger partial charge in [-0.1, -0.05) is 11.2 Å². The van der Waals surface area contributed by atoms with Gasteiger partial charge in [0, 0.05) is 11.6 Å². The van der Waals surface area contributed by atoms with Gasteiger partial charge >= 0.3 is 0 Å². The zero-order valence-corrected chi connectivity index (χ0v) is 11.6. The molecule has 102 valence electrons. The molecule has 3 aromatic heterocycles. The average molecular weight is 308 g/mol. The Hall–Kier alpha value is -2.10. The number of nitrogens with zero attached hydrogens (tertiary/aromatic N) is 3. The van der Waals surface area contributed by atoms with Crippen LogP contribution < -0.4 is 5.14 Å². The lowest BCUT2D eigenvalue weighted by Gasteiger charge is -1.89. The Labute approximate surface area is 118 Å². The molecule has 0 saturated carbocycles. The Balaban J connectivity index is 1.97. The summed E-state index contributed by atoms with van der Waals surface area (Å²) in [4.78, 5) is 8.28. The second-order valence-electron chi connectivity index (χ2n) is 3.84. The van der Waals surface area contributed by atoms with Crippen molar-refractivity contribution in [2.45, 2.75) is 4.21 Å². The number of rotatable bonds is 3. The molecule has 2 N–H and O–H groups in total. The van der Waals surface area contributed by atoms with Crippen LogP contribution in [-0.2, 0) is 10.0 Å². The van der Waals surface area contributed by atoms with Gasteiger partial charge in [-0.3, -0.25) is 4.98 Å². The normalized spacial score (nSPS) is 11.7. The van der Waals surface area contributed by atoms with E-state index in [4.69, 9.17) is 9.66 Å². The number of sulfonamides is 1. The van der Waals surface area contributed by atoms with E-state index in [1.165, 1.54) is 6.07 Å². The van der Waals surface area contributed by atoms with Crippen molar-refractivity contribution in [1.82, 2.24) is 15.1 Å². The van der Waals surface area contributed by atoms with E-state index in [1.807, 2.05) is 6.07 Å². The Kier molecular flexibility index (Phi) is 3.08. The molecule has 3 heterocycles. The summed E-state index contributed by atoms with van der Waals surface area (Å²) in [7, 11) is -3.72. The van der Waals surface area contributed by atoms with Crippen molar-refractivity contribution in [3.05, 3.63) is 35.8 Å². The fraction of sp³-hybridized carbons (Fsp3) is 0. The summed E-state index contributed by atoms with van der Waals surface area (Å²) in [6, 6.07) is 6.73. The Morgan fingerprint density at radius 2 is 2.15 bits per heavy atom. The molecule has 20 heavy (non-hydrogen) atoms. The highest BCUT2D eigenvalue weighted by atomic mass is 32.2. The van der Waals surface area contributed by atoms with Crippen LogP contribution in [0.2, 0.25) is 0 Å². The smallest absolute Gasteiger partial charge is 0.259 e. The highest BCUT2D eigenvalue weighted by molar-refractivity contribution is 7.91. The molecule has 0 saturated heterocycles. The minimum absolute atomic E-state index is 0.0464. The highest BCUT2D eigenvalue weighted by Crippen LogP contribution is 2.27. The molecule has 0 aliphatic carbocycles. The van der Waals surface area contributed by atoms with Crippen molar-refractivity contribution in [1.29, 1.82) is 0 Å². The number of thiophene rings is 1. The van der Waals surface area contributed by atoms with Crippen molar-refractivity contribution in [2.24, 2.45) is 5.14 Å². The first-order valence-corrected chi connectivity index (χ1v) is 7.83. The van der Waals surface area contributed by atoms with Crippen LogP contribution in [0.4, 0.5) is 0 Å². The Morgan fingerprint density at radius 3 is 2.80 bits per heavy atom. The van der Waals surface area contributed by atoms with Gasteiger partial charge in [0.1, 0.15) is 9.90 Å². The number of aromatic nitrogens is 3. The third kappa shape index (κ3) is 2.46. The number of pyridine rings is 1. The predicted molar refractivity (Wildman–Crippen MR) is 72.2 cm³/mol. The fourth-order valence-corrected chi connectivity index (χ4v) is 3.10. The van der Waals surface area contributed by atoms with Gasteiger partial charge in [0.05, 0.1) is 5.56 Å². The van der Waals surface area contributed by atoms with Gasteiger partial charge in [0.15, 0.2) is 0 Å². The molecular weight excluding hydrogens is 300 g/mol. The standard InChI is InChI=1S/C11H8N4O3S2/c12-20(16,17)9-5-7(6-19-9)11-14-10(15-18-11)8-3-1-2-4-13-8/h1-6H,(H2,12,16,17). The maximum absolute atomic E-state index is 11.2.